The van der Waals surface area contributed by atoms with Gasteiger partial charge in [0.05, 0.1) is 0 Å². The molecule has 0 amide bonds. The molecule has 0 spiro atoms. The van der Waals surface area contributed by atoms with E-state index >= 15 is 0 Å². The van der Waals surface area contributed by atoms with E-state index in [1.54, 1.807) is 0 Å². The third-order valence-corrected chi connectivity index (χ3v) is 2.03. The molecule has 0 aromatic carbocycles. The topological polar surface area (TPSA) is 96.0 Å². The molecule has 7 heteroatoms. The number of rotatable bonds is 6. The first kappa shape index (κ1) is 17.1. The summed E-state index contributed by atoms with van der Waals surface area (Å²) in [6.45, 7) is 3.73. The Morgan fingerprint density at radius 3 is 1.37 bits per heavy atom. The Labute approximate surface area is 111 Å². The molecule has 108 valence electrons. The number of hydrogen-bond donors (Lipinski definition) is 0. The molecule has 19 heavy (non-hydrogen) atoms. The summed E-state index contributed by atoms with van der Waals surface area (Å²) in [5, 5.41) is 0. The first-order chi connectivity index (χ1) is 8.99. The minimum atomic E-state index is -1.49. The van der Waals surface area contributed by atoms with Crippen molar-refractivity contribution in [1.82, 2.24) is 0 Å². The molecule has 0 atom stereocenters. The first-order valence-corrected chi connectivity index (χ1v) is 6.16. The highest BCUT2D eigenvalue weighted by Gasteiger charge is 2.19. The number of carbonyl (C=O) groups is 4. The number of carbonyl (C=O) groups excluding carboxylic acids is 4. The number of esters is 2. The van der Waals surface area contributed by atoms with Crippen LogP contribution in [0.25, 0.3) is 0 Å². The first-order valence-electron chi connectivity index (χ1n) is 6.16. The molecule has 0 aliphatic carbocycles. The van der Waals surface area contributed by atoms with Gasteiger partial charge in [-0.25, -0.2) is 9.59 Å². The van der Waals surface area contributed by atoms with Crippen molar-refractivity contribution in [1.29, 1.82) is 0 Å². The minimum absolute atomic E-state index is 0.0517. The van der Waals surface area contributed by atoms with Crippen molar-refractivity contribution in [2.24, 2.45) is 0 Å². The molecule has 0 aromatic heterocycles. The zero-order valence-corrected chi connectivity index (χ0v) is 11.1. The molecular formula is C12H18O7. The molecule has 0 saturated heterocycles. The van der Waals surface area contributed by atoms with Gasteiger partial charge in [0.25, 0.3) is 0 Å². The summed E-state index contributed by atoms with van der Waals surface area (Å²) in [5.74, 6) is -1.59. The molecule has 0 bridgehead atoms. The van der Waals surface area contributed by atoms with Crippen LogP contribution >= 0.6 is 0 Å². The quantitative estimate of drug-likeness (QED) is 0.542. The lowest BCUT2D eigenvalue weighted by molar-refractivity contribution is -0.141. The number of unbranched alkanes of at least 4 members (excludes halogenated alkanes) is 2. The highest BCUT2D eigenvalue weighted by atomic mass is 16.8. The predicted octanol–water partition coefficient (Wildman–Crippen LogP) is 2.71. The Hall–Kier alpha value is -1.92. The van der Waals surface area contributed by atoms with Crippen LogP contribution in [-0.4, -0.2) is 24.2 Å². The highest BCUT2D eigenvalue weighted by molar-refractivity contribution is 5.89. The summed E-state index contributed by atoms with van der Waals surface area (Å²) in [7, 11) is 0. The van der Waals surface area contributed by atoms with Crippen molar-refractivity contribution in [3.05, 3.63) is 0 Å². The van der Waals surface area contributed by atoms with Gasteiger partial charge < -0.3 is 14.2 Å². The molecule has 0 aliphatic rings. The van der Waals surface area contributed by atoms with Crippen LogP contribution in [0.3, 0.4) is 0 Å². The van der Waals surface area contributed by atoms with E-state index in [0.717, 1.165) is 12.8 Å². The lowest BCUT2D eigenvalue weighted by Crippen LogP contribution is -2.20. The number of hydrogen-bond acceptors (Lipinski definition) is 7. The van der Waals surface area contributed by atoms with Crippen molar-refractivity contribution in [3.63, 3.8) is 0 Å². The van der Waals surface area contributed by atoms with Crippen molar-refractivity contribution in [2.45, 2.75) is 52.4 Å². The molecule has 0 radical (unpaired) electrons. The summed E-state index contributed by atoms with van der Waals surface area (Å²) in [6, 6.07) is 0. The van der Waals surface area contributed by atoms with Crippen LogP contribution < -0.4 is 0 Å². The fraction of sp³-hybridized carbons (Fsp3) is 0.667. The summed E-state index contributed by atoms with van der Waals surface area (Å²) >= 11 is 0. The molecule has 0 fully saturated rings. The Bertz CT molecular complexity index is 303. The fourth-order valence-corrected chi connectivity index (χ4v) is 1.04. The van der Waals surface area contributed by atoms with Crippen LogP contribution in [0, 0.1) is 0 Å². The van der Waals surface area contributed by atoms with Gasteiger partial charge in [0.1, 0.15) is 0 Å². The van der Waals surface area contributed by atoms with Crippen molar-refractivity contribution in [2.75, 3.05) is 0 Å². The van der Waals surface area contributed by atoms with E-state index < -0.39 is 24.2 Å². The second-order valence-corrected chi connectivity index (χ2v) is 3.76. The molecule has 0 heterocycles. The molecule has 0 unspecified atom stereocenters. The second-order valence-electron chi connectivity index (χ2n) is 3.76. The van der Waals surface area contributed by atoms with Gasteiger partial charge in [0.2, 0.25) is 0 Å². The second kappa shape index (κ2) is 10.0. The summed E-state index contributed by atoms with van der Waals surface area (Å²) in [6.07, 6.45) is -0.232. The average Bonchev–Trinajstić information content (AvgIpc) is 2.33. The Kier molecular flexibility index (Phi) is 9.03. The predicted molar refractivity (Wildman–Crippen MR) is 63.1 cm³/mol. The largest absolute Gasteiger partial charge is 0.526 e. The maximum atomic E-state index is 11.0. The van der Waals surface area contributed by atoms with Crippen LogP contribution in [0.5, 0.6) is 0 Å². The Morgan fingerprint density at radius 2 is 1.05 bits per heavy atom. The van der Waals surface area contributed by atoms with E-state index in [9.17, 15) is 19.2 Å². The van der Waals surface area contributed by atoms with Crippen LogP contribution in [0.15, 0.2) is 0 Å². The Morgan fingerprint density at radius 1 is 0.684 bits per heavy atom. The van der Waals surface area contributed by atoms with E-state index in [1.165, 1.54) is 0 Å². The lowest BCUT2D eigenvalue weighted by Gasteiger charge is -2.03. The lowest BCUT2D eigenvalue weighted by atomic mass is 10.3. The third-order valence-electron chi connectivity index (χ3n) is 2.03. The SMILES string of the molecule is CCCCC(=O)OC(=O)OC(=O)OC(=O)CCCC. The van der Waals surface area contributed by atoms with Crippen LogP contribution in [-0.2, 0) is 23.8 Å². The summed E-state index contributed by atoms with van der Waals surface area (Å²) in [4.78, 5) is 43.9. The fourth-order valence-electron chi connectivity index (χ4n) is 1.04. The van der Waals surface area contributed by atoms with E-state index in [2.05, 4.69) is 14.2 Å². The summed E-state index contributed by atoms with van der Waals surface area (Å²) < 4.78 is 12.3. The van der Waals surface area contributed by atoms with Gasteiger partial charge in [-0.1, -0.05) is 26.7 Å². The van der Waals surface area contributed by atoms with Gasteiger partial charge >= 0.3 is 24.2 Å². The van der Waals surface area contributed by atoms with Crippen molar-refractivity contribution >= 4 is 24.2 Å². The van der Waals surface area contributed by atoms with Crippen molar-refractivity contribution < 1.29 is 33.4 Å². The zero-order chi connectivity index (χ0) is 14.7. The monoisotopic (exact) mass is 274 g/mol. The third kappa shape index (κ3) is 9.75. The van der Waals surface area contributed by atoms with Gasteiger partial charge in [-0.2, -0.15) is 0 Å². The Balaban J connectivity index is 3.89. The number of ether oxygens (including phenoxy) is 3. The van der Waals surface area contributed by atoms with Gasteiger partial charge in [-0.3, -0.25) is 9.59 Å². The maximum Gasteiger partial charge on any atom is 0.526 e. The van der Waals surface area contributed by atoms with E-state index in [1.807, 2.05) is 13.8 Å². The van der Waals surface area contributed by atoms with E-state index in [-0.39, 0.29) is 12.8 Å². The van der Waals surface area contributed by atoms with Gasteiger partial charge in [-0.15, -0.1) is 0 Å². The highest BCUT2D eigenvalue weighted by Crippen LogP contribution is 2.01. The van der Waals surface area contributed by atoms with Crippen LogP contribution in [0.2, 0.25) is 0 Å². The molecular weight excluding hydrogens is 256 g/mol. The van der Waals surface area contributed by atoms with Gasteiger partial charge in [0, 0.05) is 12.8 Å². The molecule has 0 rings (SSSR count). The zero-order valence-electron chi connectivity index (χ0n) is 11.1. The minimum Gasteiger partial charge on any atom is -0.360 e. The average molecular weight is 274 g/mol. The van der Waals surface area contributed by atoms with Gasteiger partial charge in [0.15, 0.2) is 0 Å². The normalized spacial score (nSPS) is 9.58. The smallest absolute Gasteiger partial charge is 0.360 e. The molecule has 0 N–H and O–H groups in total. The molecule has 0 saturated carbocycles. The molecule has 7 nitrogen and oxygen atoms in total. The van der Waals surface area contributed by atoms with Crippen molar-refractivity contribution in [3.8, 4) is 0 Å². The molecule has 0 aromatic rings. The summed E-state index contributed by atoms with van der Waals surface area (Å²) in [5.41, 5.74) is 0. The van der Waals surface area contributed by atoms with Crippen LogP contribution in [0.4, 0.5) is 9.59 Å². The van der Waals surface area contributed by atoms with E-state index in [0.29, 0.717) is 12.8 Å². The standard InChI is InChI=1S/C12H18O7/c1-3-5-7-9(13)17-11(15)19-12(16)18-10(14)8-6-4-2/h3-8H2,1-2H3. The molecule has 0 aliphatic heterocycles. The van der Waals surface area contributed by atoms with Gasteiger partial charge in [-0.05, 0) is 12.8 Å². The van der Waals surface area contributed by atoms with Crippen LogP contribution in [0.1, 0.15) is 52.4 Å². The van der Waals surface area contributed by atoms with E-state index in [4.69, 9.17) is 0 Å². The maximum absolute atomic E-state index is 11.0.